The summed E-state index contributed by atoms with van der Waals surface area (Å²) in [5.41, 5.74) is 1.32. The first kappa shape index (κ1) is 16.6. The number of halogens is 1. The van der Waals surface area contributed by atoms with E-state index >= 15 is 0 Å². The quantitative estimate of drug-likeness (QED) is 0.722. The number of benzene rings is 2. The van der Waals surface area contributed by atoms with E-state index in [9.17, 15) is 9.59 Å². The van der Waals surface area contributed by atoms with Crippen LogP contribution in [0, 0.1) is 0 Å². The average Bonchev–Trinajstić information content (AvgIpc) is 2.83. The second-order valence-corrected chi connectivity index (χ2v) is 6.43. The maximum atomic E-state index is 12.6. The topological polar surface area (TPSA) is 46.6 Å². The Bertz CT molecular complexity index is 817. The van der Waals surface area contributed by atoms with Crippen molar-refractivity contribution in [2.45, 2.75) is 6.92 Å². The van der Waals surface area contributed by atoms with Gasteiger partial charge in [0.1, 0.15) is 5.75 Å². The number of hydrogen-bond donors (Lipinski definition) is 0. The average molecular weight is 360 g/mol. The molecule has 1 aliphatic rings. The van der Waals surface area contributed by atoms with Crippen LogP contribution >= 0.6 is 23.4 Å². The molecule has 122 valence electrons. The SMILES string of the molecule is CCOc1cccc(/C=C2/SC(=O)N(c3ccc(Cl)cc3)C2=O)c1. The van der Waals surface area contributed by atoms with Crippen LogP contribution in [-0.2, 0) is 4.79 Å². The summed E-state index contributed by atoms with van der Waals surface area (Å²) in [7, 11) is 0. The predicted octanol–water partition coefficient (Wildman–Crippen LogP) is 4.98. The fourth-order valence-corrected chi connectivity index (χ4v) is 3.26. The number of ether oxygens (including phenoxy) is 1. The molecule has 0 unspecified atom stereocenters. The number of thioether (sulfide) groups is 1. The van der Waals surface area contributed by atoms with E-state index in [1.54, 1.807) is 30.3 Å². The summed E-state index contributed by atoms with van der Waals surface area (Å²) in [6.07, 6.45) is 1.70. The molecule has 1 fully saturated rings. The largest absolute Gasteiger partial charge is 0.494 e. The second-order valence-electron chi connectivity index (χ2n) is 5.00. The summed E-state index contributed by atoms with van der Waals surface area (Å²) in [6.45, 7) is 2.47. The molecule has 2 aromatic carbocycles. The Morgan fingerprint density at radius 1 is 1.17 bits per heavy atom. The highest BCUT2D eigenvalue weighted by Gasteiger charge is 2.36. The Kier molecular flexibility index (Phi) is 4.92. The number of carbonyl (C=O) groups is 2. The second kappa shape index (κ2) is 7.11. The Morgan fingerprint density at radius 2 is 1.92 bits per heavy atom. The molecule has 0 saturated carbocycles. The number of carbonyl (C=O) groups excluding carboxylic acids is 2. The highest BCUT2D eigenvalue weighted by Crippen LogP contribution is 2.36. The maximum absolute atomic E-state index is 12.6. The molecule has 0 spiro atoms. The summed E-state index contributed by atoms with van der Waals surface area (Å²) in [6, 6.07) is 14.0. The van der Waals surface area contributed by atoms with Gasteiger partial charge in [-0.2, -0.15) is 0 Å². The molecule has 0 bridgehead atoms. The lowest BCUT2D eigenvalue weighted by atomic mass is 10.2. The van der Waals surface area contributed by atoms with E-state index in [1.807, 2.05) is 31.2 Å². The maximum Gasteiger partial charge on any atom is 0.298 e. The number of imide groups is 1. The fourth-order valence-electron chi connectivity index (χ4n) is 2.29. The molecule has 24 heavy (non-hydrogen) atoms. The van der Waals surface area contributed by atoms with Crippen LogP contribution in [0.2, 0.25) is 5.02 Å². The van der Waals surface area contributed by atoms with Crippen LogP contribution in [0.15, 0.2) is 53.4 Å². The molecular weight excluding hydrogens is 346 g/mol. The van der Waals surface area contributed by atoms with Crippen molar-refractivity contribution in [3.05, 3.63) is 64.0 Å². The van der Waals surface area contributed by atoms with Gasteiger partial charge < -0.3 is 4.74 Å². The molecule has 1 heterocycles. The van der Waals surface area contributed by atoms with Gasteiger partial charge >= 0.3 is 0 Å². The molecule has 0 radical (unpaired) electrons. The summed E-state index contributed by atoms with van der Waals surface area (Å²) in [5.74, 6) is 0.386. The van der Waals surface area contributed by atoms with Crippen molar-refractivity contribution >= 4 is 46.3 Å². The summed E-state index contributed by atoms with van der Waals surface area (Å²) in [5, 5.41) is 0.225. The van der Waals surface area contributed by atoms with E-state index in [1.165, 1.54) is 0 Å². The number of hydrogen-bond acceptors (Lipinski definition) is 4. The van der Waals surface area contributed by atoms with E-state index in [0.29, 0.717) is 22.2 Å². The molecular formula is C18H14ClNO3S. The van der Waals surface area contributed by atoms with Gasteiger partial charge in [-0.1, -0.05) is 23.7 Å². The number of amides is 2. The highest BCUT2D eigenvalue weighted by molar-refractivity contribution is 8.19. The van der Waals surface area contributed by atoms with Gasteiger partial charge in [-0.25, -0.2) is 4.90 Å². The Balaban J connectivity index is 1.88. The predicted molar refractivity (Wildman–Crippen MR) is 97.5 cm³/mol. The first-order chi connectivity index (χ1) is 11.6. The lowest BCUT2D eigenvalue weighted by Gasteiger charge is -2.12. The first-order valence-corrected chi connectivity index (χ1v) is 8.54. The van der Waals surface area contributed by atoms with Gasteiger partial charge in [0.05, 0.1) is 17.2 Å². The fraction of sp³-hybridized carbons (Fsp3) is 0.111. The van der Waals surface area contributed by atoms with Crippen molar-refractivity contribution in [1.29, 1.82) is 0 Å². The Labute approximate surface area is 149 Å². The lowest BCUT2D eigenvalue weighted by molar-refractivity contribution is -0.113. The Morgan fingerprint density at radius 3 is 2.62 bits per heavy atom. The van der Waals surface area contributed by atoms with E-state index in [0.717, 1.165) is 28.0 Å². The normalized spacial score (nSPS) is 16.1. The van der Waals surface area contributed by atoms with Crippen molar-refractivity contribution in [1.82, 2.24) is 0 Å². The molecule has 1 saturated heterocycles. The van der Waals surface area contributed by atoms with Crippen LogP contribution in [0.5, 0.6) is 5.75 Å². The van der Waals surface area contributed by atoms with E-state index < -0.39 is 0 Å². The minimum Gasteiger partial charge on any atom is -0.494 e. The van der Waals surface area contributed by atoms with Gasteiger partial charge in [0.25, 0.3) is 11.1 Å². The summed E-state index contributed by atoms with van der Waals surface area (Å²) < 4.78 is 5.45. The molecule has 1 aliphatic heterocycles. The third kappa shape index (κ3) is 3.47. The third-order valence-corrected chi connectivity index (χ3v) is 4.47. The van der Waals surface area contributed by atoms with Gasteiger partial charge in [-0.05, 0) is 66.7 Å². The molecule has 0 aliphatic carbocycles. The van der Waals surface area contributed by atoms with Crippen LogP contribution in [-0.4, -0.2) is 17.8 Å². The molecule has 0 aromatic heterocycles. The van der Waals surface area contributed by atoms with Gasteiger partial charge in [0.15, 0.2) is 0 Å². The lowest BCUT2D eigenvalue weighted by Crippen LogP contribution is -2.27. The highest BCUT2D eigenvalue weighted by atomic mass is 35.5. The van der Waals surface area contributed by atoms with Crippen molar-refractivity contribution in [2.24, 2.45) is 0 Å². The van der Waals surface area contributed by atoms with Gasteiger partial charge in [-0.3, -0.25) is 9.59 Å². The first-order valence-electron chi connectivity index (χ1n) is 7.35. The monoisotopic (exact) mass is 359 g/mol. The van der Waals surface area contributed by atoms with Crippen molar-refractivity contribution in [2.75, 3.05) is 11.5 Å². The minimum atomic E-state index is -0.339. The van der Waals surface area contributed by atoms with Crippen LogP contribution in [0.25, 0.3) is 6.08 Å². The molecule has 2 amide bonds. The van der Waals surface area contributed by atoms with E-state index in [4.69, 9.17) is 16.3 Å². The number of rotatable bonds is 4. The summed E-state index contributed by atoms with van der Waals surface area (Å²) in [4.78, 5) is 26.3. The zero-order valence-corrected chi connectivity index (χ0v) is 14.4. The minimum absolute atomic E-state index is 0.325. The molecule has 3 rings (SSSR count). The van der Waals surface area contributed by atoms with E-state index in [2.05, 4.69) is 0 Å². The number of nitrogens with zero attached hydrogens (tertiary/aromatic N) is 1. The number of anilines is 1. The van der Waals surface area contributed by atoms with Gasteiger partial charge in [-0.15, -0.1) is 0 Å². The van der Waals surface area contributed by atoms with Gasteiger partial charge in [0.2, 0.25) is 0 Å². The zero-order chi connectivity index (χ0) is 17.1. The Hall–Kier alpha value is -2.24. The van der Waals surface area contributed by atoms with Crippen LogP contribution < -0.4 is 9.64 Å². The van der Waals surface area contributed by atoms with Crippen LogP contribution in [0.4, 0.5) is 10.5 Å². The molecule has 0 atom stereocenters. The molecule has 0 N–H and O–H groups in total. The summed E-state index contributed by atoms with van der Waals surface area (Å²) >= 11 is 6.77. The van der Waals surface area contributed by atoms with Crippen LogP contribution in [0.1, 0.15) is 12.5 Å². The third-order valence-electron chi connectivity index (χ3n) is 3.35. The van der Waals surface area contributed by atoms with Crippen molar-refractivity contribution < 1.29 is 14.3 Å². The van der Waals surface area contributed by atoms with Gasteiger partial charge in [0, 0.05) is 5.02 Å². The van der Waals surface area contributed by atoms with Crippen LogP contribution in [0.3, 0.4) is 0 Å². The smallest absolute Gasteiger partial charge is 0.298 e. The molecule has 6 heteroatoms. The standard InChI is InChI=1S/C18H14ClNO3S/c1-2-23-15-5-3-4-12(10-15)11-16-17(21)20(18(22)24-16)14-8-6-13(19)7-9-14/h3-11H,2H2,1H3/b16-11+. The zero-order valence-electron chi connectivity index (χ0n) is 12.9. The van der Waals surface area contributed by atoms with Crippen molar-refractivity contribution in [3.8, 4) is 5.75 Å². The van der Waals surface area contributed by atoms with Crippen molar-refractivity contribution in [3.63, 3.8) is 0 Å². The molecule has 2 aromatic rings. The van der Waals surface area contributed by atoms with E-state index in [-0.39, 0.29) is 11.1 Å². The molecule has 4 nitrogen and oxygen atoms in total.